The summed E-state index contributed by atoms with van der Waals surface area (Å²) < 4.78 is 27.1. The lowest BCUT2D eigenvalue weighted by Gasteiger charge is -2.27. The first-order valence-electron chi connectivity index (χ1n) is 8.27. The van der Waals surface area contributed by atoms with Crippen LogP contribution in [0.4, 0.5) is 11.5 Å². The summed E-state index contributed by atoms with van der Waals surface area (Å²) in [6, 6.07) is 6.71. The van der Waals surface area contributed by atoms with Crippen LogP contribution in [0.5, 0.6) is 0 Å². The van der Waals surface area contributed by atoms with E-state index in [1.807, 2.05) is 6.07 Å². The Kier molecular flexibility index (Phi) is 5.43. The minimum Gasteiger partial charge on any atom is -0.357 e. The number of nitrogens with zero attached hydrogens (tertiary/aromatic N) is 4. The molecule has 1 aromatic heterocycles. The Labute approximate surface area is 151 Å². The quantitative estimate of drug-likeness (QED) is 0.603. The van der Waals surface area contributed by atoms with E-state index in [1.165, 1.54) is 24.6 Å². The van der Waals surface area contributed by atoms with E-state index in [9.17, 15) is 18.5 Å². The third-order valence-electron chi connectivity index (χ3n) is 4.13. The molecule has 1 aromatic carbocycles. The highest BCUT2D eigenvalue weighted by atomic mass is 32.2. The van der Waals surface area contributed by atoms with Gasteiger partial charge in [-0.05, 0) is 31.4 Å². The lowest BCUT2D eigenvalue weighted by molar-refractivity contribution is -0.385. The SMILES string of the molecule is O=[N+]([O-])c1cccc(S(=O)(=O)NCc2nccc(N3CCCCC3)n2)c1. The molecule has 1 N–H and O–H groups in total. The molecule has 0 radical (unpaired) electrons. The second-order valence-corrected chi connectivity index (χ2v) is 7.72. The molecule has 9 nitrogen and oxygen atoms in total. The van der Waals surface area contributed by atoms with Crippen molar-refractivity contribution >= 4 is 21.5 Å². The first-order chi connectivity index (χ1) is 12.5. The van der Waals surface area contributed by atoms with E-state index in [-0.39, 0.29) is 17.1 Å². The summed E-state index contributed by atoms with van der Waals surface area (Å²) in [7, 11) is -3.90. The molecule has 0 spiro atoms. The van der Waals surface area contributed by atoms with Gasteiger partial charge >= 0.3 is 0 Å². The Morgan fingerprint density at radius 1 is 1.19 bits per heavy atom. The smallest absolute Gasteiger partial charge is 0.270 e. The maximum absolute atomic E-state index is 12.4. The molecule has 0 unspecified atom stereocenters. The van der Waals surface area contributed by atoms with Gasteiger partial charge in [0.05, 0.1) is 16.4 Å². The zero-order valence-electron chi connectivity index (χ0n) is 14.0. The Balaban J connectivity index is 1.71. The molecule has 1 aliphatic rings. The Morgan fingerprint density at radius 2 is 1.96 bits per heavy atom. The van der Waals surface area contributed by atoms with Crippen LogP contribution in [0.15, 0.2) is 41.4 Å². The summed E-state index contributed by atoms with van der Waals surface area (Å²) >= 11 is 0. The summed E-state index contributed by atoms with van der Waals surface area (Å²) in [5.41, 5.74) is -0.281. The zero-order valence-corrected chi connectivity index (χ0v) is 14.9. The highest BCUT2D eigenvalue weighted by Gasteiger charge is 2.18. The van der Waals surface area contributed by atoms with Gasteiger partial charge in [0.15, 0.2) is 0 Å². The Morgan fingerprint density at radius 3 is 2.69 bits per heavy atom. The van der Waals surface area contributed by atoms with E-state index in [1.54, 1.807) is 6.20 Å². The predicted molar refractivity (Wildman–Crippen MR) is 95.2 cm³/mol. The second-order valence-electron chi connectivity index (χ2n) is 5.96. The van der Waals surface area contributed by atoms with Gasteiger partial charge < -0.3 is 4.90 Å². The Hall–Kier alpha value is -2.59. The van der Waals surface area contributed by atoms with Crippen LogP contribution >= 0.6 is 0 Å². The van der Waals surface area contributed by atoms with Gasteiger partial charge in [0.1, 0.15) is 11.6 Å². The van der Waals surface area contributed by atoms with E-state index < -0.39 is 14.9 Å². The molecule has 0 saturated carbocycles. The zero-order chi connectivity index (χ0) is 18.6. The van der Waals surface area contributed by atoms with Gasteiger partial charge in [-0.2, -0.15) is 0 Å². The number of nitro groups is 1. The number of nitro benzene ring substituents is 1. The molecule has 0 atom stereocenters. The van der Waals surface area contributed by atoms with Crippen LogP contribution in [0.3, 0.4) is 0 Å². The van der Waals surface area contributed by atoms with Gasteiger partial charge in [-0.25, -0.2) is 23.1 Å². The molecule has 3 rings (SSSR count). The van der Waals surface area contributed by atoms with Crippen molar-refractivity contribution < 1.29 is 13.3 Å². The lowest BCUT2D eigenvalue weighted by Crippen LogP contribution is -2.31. The first kappa shape index (κ1) is 18.2. The number of nitrogens with one attached hydrogen (secondary N) is 1. The highest BCUT2D eigenvalue weighted by Crippen LogP contribution is 2.18. The van der Waals surface area contributed by atoms with Crippen LogP contribution in [-0.4, -0.2) is 36.4 Å². The number of non-ortho nitro benzene ring substituents is 1. The third-order valence-corrected chi connectivity index (χ3v) is 5.53. The molecular weight excluding hydrogens is 358 g/mol. The van der Waals surface area contributed by atoms with Gasteiger partial charge in [0, 0.05) is 31.4 Å². The number of benzene rings is 1. The molecule has 26 heavy (non-hydrogen) atoms. The van der Waals surface area contributed by atoms with Crippen LogP contribution in [0.2, 0.25) is 0 Å². The summed E-state index contributed by atoms with van der Waals surface area (Å²) in [5, 5.41) is 10.8. The topological polar surface area (TPSA) is 118 Å². The number of sulfonamides is 1. The Bertz CT molecular complexity index is 897. The number of hydrogen-bond donors (Lipinski definition) is 1. The van der Waals surface area contributed by atoms with Gasteiger partial charge in [-0.15, -0.1) is 0 Å². The first-order valence-corrected chi connectivity index (χ1v) is 9.75. The van der Waals surface area contributed by atoms with Crippen LogP contribution in [-0.2, 0) is 16.6 Å². The fraction of sp³-hybridized carbons (Fsp3) is 0.375. The molecule has 2 aromatic rings. The number of rotatable bonds is 6. The number of hydrogen-bond acceptors (Lipinski definition) is 7. The number of aromatic nitrogens is 2. The van der Waals surface area contributed by atoms with Crippen molar-refractivity contribution in [1.82, 2.24) is 14.7 Å². The van der Waals surface area contributed by atoms with E-state index >= 15 is 0 Å². The molecule has 1 aliphatic heterocycles. The van der Waals surface area contributed by atoms with Crippen molar-refractivity contribution in [2.75, 3.05) is 18.0 Å². The van der Waals surface area contributed by atoms with Crippen molar-refractivity contribution in [2.24, 2.45) is 0 Å². The standard InChI is InChI=1S/C16H19N5O4S/c22-21(23)13-5-4-6-14(11-13)26(24,25)18-12-15-17-8-7-16(19-15)20-9-2-1-3-10-20/h4-8,11,18H,1-3,9-10,12H2. The molecule has 2 heterocycles. The molecule has 0 amide bonds. The van der Waals surface area contributed by atoms with Crippen LogP contribution in [0.1, 0.15) is 25.1 Å². The summed E-state index contributed by atoms with van der Waals surface area (Å²) in [4.78, 5) is 20.7. The van der Waals surface area contributed by atoms with E-state index in [0.29, 0.717) is 5.82 Å². The minimum atomic E-state index is -3.90. The third kappa shape index (κ3) is 4.33. The van der Waals surface area contributed by atoms with Gasteiger partial charge in [-0.1, -0.05) is 6.07 Å². The maximum atomic E-state index is 12.4. The molecule has 1 saturated heterocycles. The van der Waals surface area contributed by atoms with Crippen molar-refractivity contribution in [2.45, 2.75) is 30.7 Å². The monoisotopic (exact) mass is 377 g/mol. The van der Waals surface area contributed by atoms with Crippen molar-refractivity contribution in [3.63, 3.8) is 0 Å². The highest BCUT2D eigenvalue weighted by molar-refractivity contribution is 7.89. The lowest BCUT2D eigenvalue weighted by atomic mass is 10.1. The molecular formula is C16H19N5O4S. The fourth-order valence-corrected chi connectivity index (χ4v) is 3.80. The summed E-state index contributed by atoms with van der Waals surface area (Å²) in [6.45, 7) is 1.76. The molecule has 10 heteroatoms. The molecule has 0 bridgehead atoms. The average Bonchev–Trinajstić information content (AvgIpc) is 2.67. The van der Waals surface area contributed by atoms with E-state index in [2.05, 4.69) is 19.6 Å². The average molecular weight is 377 g/mol. The minimum absolute atomic E-state index is 0.0906. The molecule has 138 valence electrons. The number of anilines is 1. The van der Waals surface area contributed by atoms with Gasteiger partial charge in [0.2, 0.25) is 10.0 Å². The predicted octanol–water partition coefficient (Wildman–Crippen LogP) is 1.85. The molecule has 0 aliphatic carbocycles. The van der Waals surface area contributed by atoms with Crippen molar-refractivity contribution in [1.29, 1.82) is 0 Å². The van der Waals surface area contributed by atoms with Crippen molar-refractivity contribution in [3.8, 4) is 0 Å². The van der Waals surface area contributed by atoms with Crippen molar-refractivity contribution in [3.05, 3.63) is 52.5 Å². The largest absolute Gasteiger partial charge is 0.357 e. The second kappa shape index (κ2) is 7.75. The van der Waals surface area contributed by atoms with Crippen LogP contribution in [0, 0.1) is 10.1 Å². The van der Waals surface area contributed by atoms with Crippen LogP contribution in [0.25, 0.3) is 0 Å². The van der Waals surface area contributed by atoms with Crippen LogP contribution < -0.4 is 9.62 Å². The summed E-state index contributed by atoms with van der Waals surface area (Å²) in [5.74, 6) is 1.13. The summed E-state index contributed by atoms with van der Waals surface area (Å²) in [6.07, 6.45) is 5.03. The fourth-order valence-electron chi connectivity index (χ4n) is 2.78. The number of piperidine rings is 1. The van der Waals surface area contributed by atoms with Gasteiger partial charge in [0.25, 0.3) is 5.69 Å². The van der Waals surface area contributed by atoms with Gasteiger partial charge in [-0.3, -0.25) is 10.1 Å². The molecule has 1 fully saturated rings. The normalized spacial score (nSPS) is 15.0. The van der Waals surface area contributed by atoms with E-state index in [4.69, 9.17) is 0 Å². The van der Waals surface area contributed by atoms with E-state index in [0.717, 1.165) is 37.8 Å². The maximum Gasteiger partial charge on any atom is 0.270 e.